The molecule has 0 spiro atoms. The van der Waals surface area contributed by atoms with Crippen LogP contribution in [0.15, 0.2) is 12.1 Å². The van der Waals surface area contributed by atoms with Crippen molar-refractivity contribution in [3.8, 4) is 0 Å². The van der Waals surface area contributed by atoms with Crippen molar-refractivity contribution < 1.29 is 12.9 Å². The van der Waals surface area contributed by atoms with Crippen molar-refractivity contribution in [2.24, 2.45) is 0 Å². The fraction of sp³-hybridized carbons (Fsp3) is 0.333. The summed E-state index contributed by atoms with van der Waals surface area (Å²) in [5.74, 6) is 0. The fourth-order valence-corrected chi connectivity index (χ4v) is 1.26. The van der Waals surface area contributed by atoms with Gasteiger partial charge >= 0.3 is 6.98 Å². The lowest BCUT2D eigenvalue weighted by Crippen LogP contribution is -2.34. The standard InChI is InChI=1S/C9H11BF3/c1-6-4-9(10(11,12)13)5-7(2)8(6)3/h4-5H,1-3H3/q-1. The Kier molecular flexibility index (Phi) is 2.41. The van der Waals surface area contributed by atoms with E-state index in [4.69, 9.17) is 0 Å². The van der Waals surface area contributed by atoms with E-state index in [2.05, 4.69) is 0 Å². The van der Waals surface area contributed by atoms with Gasteiger partial charge in [0.1, 0.15) is 0 Å². The summed E-state index contributed by atoms with van der Waals surface area (Å²) in [5.41, 5.74) is 1.84. The van der Waals surface area contributed by atoms with Crippen LogP contribution in [0.1, 0.15) is 16.7 Å². The minimum Gasteiger partial charge on any atom is -0.445 e. The molecule has 13 heavy (non-hydrogen) atoms. The summed E-state index contributed by atoms with van der Waals surface area (Å²) in [6, 6.07) is 2.42. The summed E-state index contributed by atoms with van der Waals surface area (Å²) in [6.45, 7) is 0.379. The number of hydrogen-bond donors (Lipinski definition) is 0. The minimum absolute atomic E-state index is 0.499. The van der Waals surface area contributed by atoms with Crippen LogP contribution in [-0.4, -0.2) is 6.98 Å². The van der Waals surface area contributed by atoms with Gasteiger partial charge < -0.3 is 12.9 Å². The fourth-order valence-electron chi connectivity index (χ4n) is 1.26. The molecule has 0 atom stereocenters. The van der Waals surface area contributed by atoms with Gasteiger partial charge in [-0.2, -0.15) is 0 Å². The molecule has 1 rings (SSSR count). The lowest BCUT2D eigenvalue weighted by Gasteiger charge is -2.17. The molecule has 0 amide bonds. The van der Waals surface area contributed by atoms with Crippen LogP contribution in [-0.2, 0) is 0 Å². The molecule has 0 saturated carbocycles. The Morgan fingerprint density at radius 2 is 1.31 bits per heavy atom. The zero-order chi connectivity index (χ0) is 10.2. The maximum atomic E-state index is 12.3. The Balaban J connectivity index is 3.29. The number of rotatable bonds is 1. The molecular formula is C9H11BF3-. The molecule has 1 aromatic rings. The largest absolute Gasteiger partial charge is 0.509 e. The molecule has 0 N–H and O–H groups in total. The molecule has 4 heteroatoms. The second kappa shape index (κ2) is 3.09. The van der Waals surface area contributed by atoms with Gasteiger partial charge in [0.15, 0.2) is 0 Å². The van der Waals surface area contributed by atoms with Gasteiger partial charge in [-0.15, -0.1) is 5.46 Å². The van der Waals surface area contributed by atoms with E-state index in [1.807, 2.05) is 6.92 Å². The van der Waals surface area contributed by atoms with Crippen LogP contribution in [0.3, 0.4) is 0 Å². The molecule has 0 aliphatic heterocycles. The van der Waals surface area contributed by atoms with E-state index >= 15 is 0 Å². The minimum atomic E-state index is -4.86. The maximum Gasteiger partial charge on any atom is 0.509 e. The third kappa shape index (κ3) is 2.05. The Morgan fingerprint density at radius 1 is 0.923 bits per heavy atom. The van der Waals surface area contributed by atoms with E-state index in [0.717, 1.165) is 5.56 Å². The van der Waals surface area contributed by atoms with E-state index in [1.165, 1.54) is 12.1 Å². The molecule has 0 unspecified atom stereocenters. The summed E-state index contributed by atoms with van der Waals surface area (Å²) < 4.78 is 37.0. The second-order valence-electron chi connectivity index (χ2n) is 3.35. The molecule has 0 heterocycles. The molecule has 1 aromatic carbocycles. The van der Waals surface area contributed by atoms with Gasteiger partial charge in [0.2, 0.25) is 0 Å². The zero-order valence-corrected chi connectivity index (χ0v) is 7.87. The number of benzene rings is 1. The molecule has 0 radical (unpaired) electrons. The SMILES string of the molecule is Cc1cc([B-](F)(F)F)cc(C)c1C. The van der Waals surface area contributed by atoms with Gasteiger partial charge in [0.05, 0.1) is 0 Å². The van der Waals surface area contributed by atoms with Gasteiger partial charge in [-0.3, -0.25) is 0 Å². The summed E-state index contributed by atoms with van der Waals surface area (Å²) in [4.78, 5) is 0. The highest BCUT2D eigenvalue weighted by molar-refractivity contribution is 6.73. The van der Waals surface area contributed by atoms with E-state index in [0.29, 0.717) is 11.1 Å². The van der Waals surface area contributed by atoms with Crippen molar-refractivity contribution in [3.05, 3.63) is 28.8 Å². The Labute approximate surface area is 75.8 Å². The van der Waals surface area contributed by atoms with Crippen molar-refractivity contribution >= 4 is 12.4 Å². The Morgan fingerprint density at radius 3 is 1.62 bits per heavy atom. The zero-order valence-electron chi connectivity index (χ0n) is 7.87. The summed E-state index contributed by atoms with van der Waals surface area (Å²) in [6.07, 6.45) is 0. The van der Waals surface area contributed by atoms with Crippen LogP contribution in [0, 0.1) is 20.8 Å². The van der Waals surface area contributed by atoms with Gasteiger partial charge in [-0.05, 0) is 26.3 Å². The topological polar surface area (TPSA) is 0 Å². The number of aryl methyl sites for hydroxylation is 2. The highest BCUT2D eigenvalue weighted by Gasteiger charge is 2.25. The first-order valence-electron chi connectivity index (χ1n) is 4.10. The van der Waals surface area contributed by atoms with Crippen molar-refractivity contribution in [2.75, 3.05) is 0 Å². The quantitative estimate of drug-likeness (QED) is 0.592. The first kappa shape index (κ1) is 10.2. The number of halogens is 3. The van der Waals surface area contributed by atoms with Gasteiger partial charge in [0.25, 0.3) is 0 Å². The Hall–Kier alpha value is -0.925. The Bertz CT molecular complexity index is 305. The summed E-state index contributed by atoms with van der Waals surface area (Å²) in [5, 5.41) is 0. The average Bonchev–Trinajstić information content (AvgIpc) is 1.97. The van der Waals surface area contributed by atoms with Crippen molar-refractivity contribution in [1.82, 2.24) is 0 Å². The third-order valence-corrected chi connectivity index (χ3v) is 2.33. The van der Waals surface area contributed by atoms with E-state index in [-0.39, 0.29) is 0 Å². The first-order valence-corrected chi connectivity index (χ1v) is 4.10. The summed E-state index contributed by atoms with van der Waals surface area (Å²) >= 11 is 0. The molecule has 0 aliphatic rings. The first-order chi connectivity index (χ1) is 5.82. The van der Waals surface area contributed by atoms with Crippen LogP contribution in [0.2, 0.25) is 0 Å². The van der Waals surface area contributed by atoms with E-state index < -0.39 is 12.4 Å². The summed E-state index contributed by atoms with van der Waals surface area (Å²) in [7, 11) is 0. The van der Waals surface area contributed by atoms with Crippen LogP contribution in [0.4, 0.5) is 12.9 Å². The lowest BCUT2D eigenvalue weighted by atomic mass is 9.78. The van der Waals surface area contributed by atoms with Crippen LogP contribution in [0.25, 0.3) is 0 Å². The van der Waals surface area contributed by atoms with Crippen LogP contribution >= 0.6 is 0 Å². The molecule has 0 aliphatic carbocycles. The van der Waals surface area contributed by atoms with Crippen LogP contribution in [0.5, 0.6) is 0 Å². The van der Waals surface area contributed by atoms with Crippen molar-refractivity contribution in [2.45, 2.75) is 20.8 Å². The highest BCUT2D eigenvalue weighted by Crippen LogP contribution is 2.15. The molecule has 0 saturated heterocycles. The van der Waals surface area contributed by atoms with Crippen molar-refractivity contribution in [1.29, 1.82) is 0 Å². The van der Waals surface area contributed by atoms with E-state index in [1.54, 1.807) is 13.8 Å². The smallest absolute Gasteiger partial charge is 0.445 e. The third-order valence-electron chi connectivity index (χ3n) is 2.33. The van der Waals surface area contributed by atoms with Gasteiger partial charge in [-0.25, -0.2) is 0 Å². The van der Waals surface area contributed by atoms with Crippen molar-refractivity contribution in [3.63, 3.8) is 0 Å². The predicted molar refractivity (Wildman–Crippen MR) is 49.4 cm³/mol. The number of hydrogen-bond acceptors (Lipinski definition) is 0. The molecule has 72 valence electrons. The predicted octanol–water partition coefficient (Wildman–Crippen LogP) is 2.67. The lowest BCUT2D eigenvalue weighted by molar-refractivity contribution is 0.501. The highest BCUT2D eigenvalue weighted by atomic mass is 19.4. The van der Waals surface area contributed by atoms with Crippen LogP contribution < -0.4 is 5.46 Å². The molecule has 0 aromatic heterocycles. The molecule has 0 nitrogen and oxygen atoms in total. The average molecular weight is 187 g/mol. The molecular weight excluding hydrogens is 176 g/mol. The maximum absolute atomic E-state index is 12.3. The van der Waals surface area contributed by atoms with Gasteiger partial charge in [0, 0.05) is 0 Å². The second-order valence-corrected chi connectivity index (χ2v) is 3.35. The van der Waals surface area contributed by atoms with E-state index in [9.17, 15) is 12.9 Å². The normalized spacial score (nSPS) is 11.8. The van der Waals surface area contributed by atoms with Gasteiger partial charge in [-0.1, -0.05) is 23.3 Å². The molecule has 0 bridgehead atoms. The molecule has 0 fully saturated rings. The monoisotopic (exact) mass is 187 g/mol.